The number of hydrogen-bond acceptors (Lipinski definition) is 3. The summed E-state index contributed by atoms with van der Waals surface area (Å²) < 4.78 is 0. The van der Waals surface area contributed by atoms with E-state index in [-0.39, 0.29) is 17.5 Å². The number of carbonyl (C=O) groups excluding carboxylic acids is 2. The Bertz CT molecular complexity index is 629. The van der Waals surface area contributed by atoms with Crippen LogP contribution >= 0.6 is 0 Å². The van der Waals surface area contributed by atoms with Gasteiger partial charge in [-0.25, -0.2) is 0 Å². The number of phenols is 1. The van der Waals surface area contributed by atoms with Crippen LogP contribution < -0.4 is 10.6 Å². The van der Waals surface area contributed by atoms with Crippen molar-refractivity contribution < 1.29 is 14.7 Å². The molecule has 2 fully saturated rings. The second-order valence-electron chi connectivity index (χ2n) is 7.08. The van der Waals surface area contributed by atoms with Crippen molar-refractivity contribution in [2.75, 3.05) is 5.32 Å². The molecule has 4 atom stereocenters. The van der Waals surface area contributed by atoms with Gasteiger partial charge in [0.15, 0.2) is 0 Å². The molecule has 2 bridgehead atoms. The van der Waals surface area contributed by atoms with Crippen LogP contribution in [0.5, 0.6) is 5.75 Å². The Kier molecular flexibility index (Phi) is 4.28. The number of aryl methyl sites for hydroxylation is 1. The molecule has 2 saturated carbocycles. The number of fused-ring (bicyclic) bond motifs is 2. The number of aromatic hydroxyl groups is 1. The van der Waals surface area contributed by atoms with E-state index in [1.807, 2.05) is 13.8 Å². The van der Waals surface area contributed by atoms with Gasteiger partial charge in [0.05, 0.1) is 5.69 Å². The summed E-state index contributed by atoms with van der Waals surface area (Å²) >= 11 is 0. The Labute approximate surface area is 136 Å². The van der Waals surface area contributed by atoms with Crippen LogP contribution in [0.1, 0.15) is 38.2 Å². The zero-order chi connectivity index (χ0) is 16.6. The van der Waals surface area contributed by atoms with Gasteiger partial charge in [-0.3, -0.25) is 9.59 Å². The second kappa shape index (κ2) is 6.22. The monoisotopic (exact) mass is 316 g/mol. The third kappa shape index (κ3) is 3.33. The van der Waals surface area contributed by atoms with E-state index in [2.05, 4.69) is 10.6 Å². The van der Waals surface area contributed by atoms with E-state index >= 15 is 0 Å². The SMILES string of the molecule is Cc1ccc(O)c(NC(=O)C(=O)NC(C)C2CC3CCC2C3)c1. The van der Waals surface area contributed by atoms with E-state index in [1.165, 1.54) is 25.3 Å². The van der Waals surface area contributed by atoms with Crippen molar-refractivity contribution in [3.05, 3.63) is 23.8 Å². The van der Waals surface area contributed by atoms with Gasteiger partial charge in [0.25, 0.3) is 0 Å². The number of rotatable bonds is 3. The Morgan fingerprint density at radius 3 is 2.65 bits per heavy atom. The number of amides is 2. The third-order valence-corrected chi connectivity index (χ3v) is 5.40. The minimum absolute atomic E-state index is 0.00894. The zero-order valence-corrected chi connectivity index (χ0v) is 13.6. The first-order valence-corrected chi connectivity index (χ1v) is 8.35. The van der Waals surface area contributed by atoms with Gasteiger partial charge in [-0.2, -0.15) is 0 Å². The Morgan fingerprint density at radius 1 is 1.22 bits per heavy atom. The van der Waals surface area contributed by atoms with Crippen LogP contribution in [0.4, 0.5) is 5.69 Å². The number of hydrogen-bond donors (Lipinski definition) is 3. The van der Waals surface area contributed by atoms with Crippen molar-refractivity contribution in [2.45, 2.75) is 45.6 Å². The van der Waals surface area contributed by atoms with Crippen LogP contribution in [-0.2, 0) is 9.59 Å². The second-order valence-corrected chi connectivity index (χ2v) is 7.08. The highest BCUT2D eigenvalue weighted by Gasteiger charge is 2.42. The molecule has 3 N–H and O–H groups in total. The van der Waals surface area contributed by atoms with Gasteiger partial charge in [0, 0.05) is 6.04 Å². The van der Waals surface area contributed by atoms with E-state index in [1.54, 1.807) is 12.1 Å². The van der Waals surface area contributed by atoms with E-state index in [0.29, 0.717) is 11.8 Å². The molecule has 0 spiro atoms. The standard InChI is InChI=1S/C18H24N2O3/c1-10-3-6-16(21)15(7-10)20-18(23)17(22)19-11(2)14-9-12-4-5-13(14)8-12/h3,6-7,11-14,21H,4-5,8-9H2,1-2H3,(H,19,22)(H,20,23). The average molecular weight is 316 g/mol. The molecular formula is C18H24N2O3. The van der Waals surface area contributed by atoms with Crippen molar-refractivity contribution in [3.8, 4) is 5.75 Å². The molecule has 2 amide bonds. The molecule has 1 aromatic rings. The lowest BCUT2D eigenvalue weighted by Gasteiger charge is -2.28. The molecular weight excluding hydrogens is 292 g/mol. The molecule has 5 heteroatoms. The van der Waals surface area contributed by atoms with Crippen LogP contribution in [0.15, 0.2) is 18.2 Å². The summed E-state index contributed by atoms with van der Waals surface area (Å²) in [6, 6.07) is 4.89. The smallest absolute Gasteiger partial charge is 0.313 e. The van der Waals surface area contributed by atoms with E-state index < -0.39 is 11.8 Å². The fourth-order valence-electron chi connectivity index (χ4n) is 4.21. The molecule has 5 nitrogen and oxygen atoms in total. The lowest BCUT2D eigenvalue weighted by Crippen LogP contribution is -2.45. The summed E-state index contributed by atoms with van der Waals surface area (Å²) in [5, 5.41) is 15.1. The Balaban J connectivity index is 1.57. The van der Waals surface area contributed by atoms with Crippen molar-refractivity contribution in [1.29, 1.82) is 0 Å². The quantitative estimate of drug-likeness (QED) is 0.592. The van der Waals surface area contributed by atoms with Crippen LogP contribution in [0.2, 0.25) is 0 Å². The third-order valence-electron chi connectivity index (χ3n) is 5.40. The summed E-state index contributed by atoms with van der Waals surface area (Å²) in [7, 11) is 0. The average Bonchev–Trinajstić information content (AvgIpc) is 3.13. The first-order chi connectivity index (χ1) is 10.9. The van der Waals surface area contributed by atoms with E-state index in [9.17, 15) is 14.7 Å². The van der Waals surface area contributed by atoms with Crippen LogP contribution in [-0.4, -0.2) is 23.0 Å². The predicted molar refractivity (Wildman–Crippen MR) is 88.0 cm³/mol. The molecule has 4 unspecified atom stereocenters. The summed E-state index contributed by atoms with van der Waals surface area (Å²) in [5.41, 5.74) is 1.16. The highest BCUT2D eigenvalue weighted by atomic mass is 16.3. The minimum atomic E-state index is -0.735. The maximum absolute atomic E-state index is 12.1. The Morgan fingerprint density at radius 2 is 2.00 bits per heavy atom. The lowest BCUT2D eigenvalue weighted by molar-refractivity contribution is -0.136. The summed E-state index contributed by atoms with van der Waals surface area (Å²) in [5.74, 6) is 0.569. The molecule has 0 radical (unpaired) electrons. The molecule has 1 aromatic carbocycles. The van der Waals surface area contributed by atoms with Crippen molar-refractivity contribution in [1.82, 2.24) is 5.32 Å². The maximum Gasteiger partial charge on any atom is 0.313 e. The van der Waals surface area contributed by atoms with Gasteiger partial charge in [0.1, 0.15) is 5.75 Å². The molecule has 23 heavy (non-hydrogen) atoms. The topological polar surface area (TPSA) is 78.4 Å². The minimum Gasteiger partial charge on any atom is -0.506 e. The number of phenolic OH excluding ortho intramolecular Hbond substituents is 1. The van der Waals surface area contributed by atoms with Gasteiger partial charge >= 0.3 is 11.8 Å². The summed E-state index contributed by atoms with van der Waals surface area (Å²) in [6.45, 7) is 3.84. The largest absolute Gasteiger partial charge is 0.506 e. The van der Waals surface area contributed by atoms with E-state index in [4.69, 9.17) is 0 Å². The molecule has 0 aliphatic heterocycles. The molecule has 0 aromatic heterocycles. The first kappa shape index (κ1) is 15.8. The number of nitrogens with one attached hydrogen (secondary N) is 2. The molecule has 0 heterocycles. The fraction of sp³-hybridized carbons (Fsp3) is 0.556. The fourth-order valence-corrected chi connectivity index (χ4v) is 4.21. The molecule has 2 aliphatic carbocycles. The number of anilines is 1. The van der Waals surface area contributed by atoms with Gasteiger partial charge in [-0.1, -0.05) is 12.5 Å². The zero-order valence-electron chi connectivity index (χ0n) is 13.6. The maximum atomic E-state index is 12.1. The van der Waals surface area contributed by atoms with Crippen LogP contribution in [0, 0.1) is 24.7 Å². The predicted octanol–water partition coefficient (Wildman–Crippen LogP) is 2.58. The van der Waals surface area contributed by atoms with Gasteiger partial charge in [0.2, 0.25) is 0 Å². The highest BCUT2D eigenvalue weighted by Crippen LogP contribution is 2.49. The molecule has 124 valence electrons. The van der Waals surface area contributed by atoms with E-state index in [0.717, 1.165) is 17.9 Å². The first-order valence-electron chi connectivity index (χ1n) is 8.35. The Hall–Kier alpha value is -2.04. The van der Waals surface area contributed by atoms with Crippen molar-refractivity contribution in [2.24, 2.45) is 17.8 Å². The van der Waals surface area contributed by atoms with Crippen molar-refractivity contribution >= 4 is 17.5 Å². The normalized spacial score (nSPS) is 26.8. The van der Waals surface area contributed by atoms with Gasteiger partial charge in [-0.15, -0.1) is 0 Å². The molecule has 2 aliphatic rings. The van der Waals surface area contributed by atoms with Gasteiger partial charge in [-0.05, 0) is 68.6 Å². The molecule has 3 rings (SSSR count). The summed E-state index contributed by atoms with van der Waals surface area (Å²) in [4.78, 5) is 24.2. The lowest BCUT2D eigenvalue weighted by atomic mass is 9.84. The van der Waals surface area contributed by atoms with Crippen LogP contribution in [0.25, 0.3) is 0 Å². The van der Waals surface area contributed by atoms with Crippen molar-refractivity contribution in [3.63, 3.8) is 0 Å². The van der Waals surface area contributed by atoms with Crippen LogP contribution in [0.3, 0.4) is 0 Å². The number of benzene rings is 1. The summed E-state index contributed by atoms with van der Waals surface area (Å²) in [6.07, 6.45) is 4.99. The highest BCUT2D eigenvalue weighted by molar-refractivity contribution is 6.39. The number of carbonyl (C=O) groups is 2. The molecule has 0 saturated heterocycles. The van der Waals surface area contributed by atoms with Gasteiger partial charge < -0.3 is 15.7 Å².